The van der Waals surface area contributed by atoms with Gasteiger partial charge >= 0.3 is 30.2 Å². The summed E-state index contributed by atoms with van der Waals surface area (Å²) >= 11 is 0. The van der Waals surface area contributed by atoms with Gasteiger partial charge in [0.05, 0.1) is 0 Å². The molecule has 10 heteroatoms. The molecule has 0 bridgehead atoms. The van der Waals surface area contributed by atoms with Gasteiger partial charge in [0.2, 0.25) is 0 Å². The van der Waals surface area contributed by atoms with E-state index in [1.807, 2.05) is 0 Å². The lowest BCUT2D eigenvalue weighted by Crippen LogP contribution is -2.44. The van der Waals surface area contributed by atoms with Gasteiger partial charge in [-0.05, 0) is 5.92 Å². The van der Waals surface area contributed by atoms with Crippen molar-refractivity contribution in [1.29, 1.82) is 0 Å². The third-order valence-electron chi connectivity index (χ3n) is 1.87. The van der Waals surface area contributed by atoms with Gasteiger partial charge in [0.25, 0.3) is 0 Å². The van der Waals surface area contributed by atoms with Crippen LogP contribution in [0.1, 0.15) is 26.7 Å². The highest BCUT2D eigenvalue weighted by atomic mass is 19.3. The third kappa shape index (κ3) is 9.45. The highest BCUT2D eigenvalue weighted by Crippen LogP contribution is 2.33. The van der Waals surface area contributed by atoms with E-state index in [0.717, 1.165) is 5.92 Å². The average Bonchev–Trinajstić information content (AvgIpc) is 3.00. The summed E-state index contributed by atoms with van der Waals surface area (Å²) in [5.74, 6) is -13.3. The molecule has 0 unspecified atom stereocenters. The third-order valence-corrected chi connectivity index (χ3v) is 1.87. The lowest BCUT2D eigenvalue weighted by molar-refractivity contribution is -0.217. The maximum Gasteiger partial charge on any atom is 0.403 e. The summed E-state index contributed by atoms with van der Waals surface area (Å²) in [6, 6.07) is 0. The van der Waals surface area contributed by atoms with Crippen LogP contribution in [0.25, 0.3) is 0 Å². The molecule has 0 aromatic heterocycles. The van der Waals surface area contributed by atoms with E-state index in [4.69, 9.17) is 15.0 Å². The monoisotopic (exact) mass is 312 g/mol. The van der Waals surface area contributed by atoms with Crippen LogP contribution >= 0.6 is 0 Å². The van der Waals surface area contributed by atoms with Crippen molar-refractivity contribution in [3.63, 3.8) is 0 Å². The van der Waals surface area contributed by atoms with Crippen molar-refractivity contribution in [3.8, 4) is 0 Å². The van der Waals surface area contributed by atoms with Crippen molar-refractivity contribution in [2.24, 2.45) is 5.92 Å². The maximum absolute atomic E-state index is 11.7. The Bertz CT molecular complexity index is 322. The molecule has 0 amide bonds. The van der Waals surface area contributed by atoms with Crippen molar-refractivity contribution in [2.75, 3.05) is 0 Å². The lowest BCUT2D eigenvalue weighted by Gasteiger charge is -2.17. The summed E-state index contributed by atoms with van der Waals surface area (Å²) in [4.78, 5) is 18.4. The highest BCUT2D eigenvalue weighted by Gasteiger charge is 2.59. The fourth-order valence-electron chi connectivity index (χ4n) is 0.354. The average molecular weight is 312 g/mol. The Morgan fingerprint density at radius 2 is 1.35 bits per heavy atom. The number of carbonyl (C=O) groups is 2. The molecule has 0 aliphatic heterocycles. The van der Waals surface area contributed by atoms with Crippen LogP contribution in [0.5, 0.6) is 0 Å². The van der Waals surface area contributed by atoms with Crippen molar-refractivity contribution in [3.05, 3.63) is 0 Å². The van der Waals surface area contributed by atoms with E-state index in [2.05, 4.69) is 6.92 Å². The summed E-state index contributed by atoms with van der Waals surface area (Å²) in [6.07, 6.45) is -0.259. The fourth-order valence-corrected chi connectivity index (χ4v) is 0.354. The molecule has 1 rings (SSSR count). The second kappa shape index (κ2) is 7.95. The van der Waals surface area contributed by atoms with Crippen LogP contribution in [0.4, 0.5) is 26.3 Å². The number of halogens is 6. The van der Waals surface area contributed by atoms with Crippen molar-refractivity contribution in [2.45, 2.75) is 45.0 Å². The lowest BCUT2D eigenvalue weighted by atomic mass is 10.2. The summed E-state index contributed by atoms with van der Waals surface area (Å²) in [7, 11) is 0. The molecule has 0 radical (unpaired) electrons. The van der Waals surface area contributed by atoms with E-state index in [1.54, 1.807) is 0 Å². The number of alkyl halides is 6. The summed E-state index contributed by atoms with van der Waals surface area (Å²) < 4.78 is 67.8. The summed E-state index contributed by atoms with van der Waals surface area (Å²) in [5.41, 5.74) is 0. The number of rotatable bonds is 3. The molecule has 0 aromatic carbocycles. The van der Waals surface area contributed by atoms with Gasteiger partial charge < -0.3 is 10.2 Å². The smallest absolute Gasteiger partial charge is 0.403 e. The molecule has 0 saturated heterocycles. The minimum absolute atomic E-state index is 0.152. The first-order valence-electron chi connectivity index (χ1n) is 5.23. The molecule has 1 fully saturated rings. The predicted molar refractivity (Wildman–Crippen MR) is 55.2 cm³/mol. The zero-order valence-electron chi connectivity index (χ0n) is 10.5. The first-order chi connectivity index (χ1) is 8.73. The van der Waals surface area contributed by atoms with Gasteiger partial charge in [-0.25, -0.2) is 9.59 Å². The number of hydrogen-bond acceptors (Lipinski definition) is 2. The van der Waals surface area contributed by atoms with E-state index in [1.165, 1.54) is 12.8 Å². The second-order valence-corrected chi connectivity index (χ2v) is 4.09. The topological polar surface area (TPSA) is 74.6 Å². The van der Waals surface area contributed by atoms with Crippen LogP contribution in [-0.4, -0.2) is 40.4 Å². The molecule has 4 nitrogen and oxygen atoms in total. The minimum atomic E-state index is -4.98. The zero-order chi connectivity index (χ0) is 16.7. The molecular formula is C10H14F6O4. The van der Waals surface area contributed by atoms with Crippen LogP contribution in [-0.2, 0) is 9.59 Å². The Balaban J connectivity index is 0. The quantitative estimate of drug-likeness (QED) is 0.785. The van der Waals surface area contributed by atoms with E-state index in [-0.39, 0.29) is 6.92 Å². The summed E-state index contributed by atoms with van der Waals surface area (Å²) in [5, 5.41) is 14.8. The van der Waals surface area contributed by atoms with Gasteiger partial charge in [0, 0.05) is 6.92 Å². The van der Waals surface area contributed by atoms with Gasteiger partial charge in [-0.15, -0.1) is 0 Å². The van der Waals surface area contributed by atoms with Crippen molar-refractivity contribution in [1.82, 2.24) is 0 Å². The standard InChI is InChI=1S/C4H4F4O2.C4H8.C2H2F2O2/c1-3(5,6)4(7,8)2(9)10;1-4-2-3-4;3-1(4)2(5)6/h1H3,(H,9,10);4H,2-3H2,1H3;1H,(H,5,6). The molecule has 0 aromatic rings. The van der Waals surface area contributed by atoms with E-state index in [9.17, 15) is 31.1 Å². The van der Waals surface area contributed by atoms with Crippen LogP contribution < -0.4 is 0 Å². The predicted octanol–water partition coefficient (Wildman–Crippen LogP) is 3.11. The Hall–Kier alpha value is -1.48. The van der Waals surface area contributed by atoms with Crippen LogP contribution in [0, 0.1) is 5.92 Å². The number of carboxylic acid groups (broad SMARTS) is 2. The first-order valence-corrected chi connectivity index (χ1v) is 5.23. The van der Waals surface area contributed by atoms with Gasteiger partial charge in [0.15, 0.2) is 0 Å². The number of hydrogen-bond donors (Lipinski definition) is 2. The molecule has 1 aliphatic carbocycles. The maximum atomic E-state index is 11.7. The van der Waals surface area contributed by atoms with Gasteiger partial charge in [0.1, 0.15) is 0 Å². The minimum Gasteiger partial charge on any atom is -0.477 e. The largest absolute Gasteiger partial charge is 0.477 e. The molecule has 0 heterocycles. The molecule has 1 saturated carbocycles. The first kappa shape index (κ1) is 20.8. The molecule has 2 N–H and O–H groups in total. The van der Waals surface area contributed by atoms with Crippen LogP contribution in [0.2, 0.25) is 0 Å². The second-order valence-electron chi connectivity index (χ2n) is 4.09. The molecule has 1 aliphatic rings. The molecule has 0 spiro atoms. The van der Waals surface area contributed by atoms with Crippen LogP contribution in [0.3, 0.4) is 0 Å². The molecule has 120 valence electrons. The van der Waals surface area contributed by atoms with E-state index < -0.39 is 30.2 Å². The van der Waals surface area contributed by atoms with E-state index in [0.29, 0.717) is 0 Å². The SMILES string of the molecule is CC(F)(F)C(F)(F)C(=O)O.CC1CC1.O=C(O)C(F)F. The normalized spacial score (nSPS) is 14.7. The zero-order valence-corrected chi connectivity index (χ0v) is 10.5. The Labute approximate surface area is 110 Å². The van der Waals surface area contributed by atoms with Crippen molar-refractivity contribution >= 4 is 11.9 Å². The Morgan fingerprint density at radius 1 is 1.10 bits per heavy atom. The molecule has 20 heavy (non-hydrogen) atoms. The molecular weight excluding hydrogens is 298 g/mol. The van der Waals surface area contributed by atoms with E-state index >= 15 is 0 Å². The van der Waals surface area contributed by atoms with Gasteiger partial charge in [-0.1, -0.05) is 19.8 Å². The number of aliphatic carboxylic acids is 2. The summed E-state index contributed by atoms with van der Waals surface area (Å²) in [6.45, 7) is 2.13. The Morgan fingerprint density at radius 3 is 1.35 bits per heavy atom. The number of carboxylic acids is 2. The highest BCUT2D eigenvalue weighted by molar-refractivity contribution is 5.76. The van der Waals surface area contributed by atoms with Gasteiger partial charge in [-0.3, -0.25) is 0 Å². The Kier molecular flexibility index (Phi) is 8.28. The molecule has 0 atom stereocenters. The van der Waals surface area contributed by atoms with Gasteiger partial charge in [-0.2, -0.15) is 26.3 Å². The fraction of sp³-hybridized carbons (Fsp3) is 0.800. The van der Waals surface area contributed by atoms with Crippen molar-refractivity contribution < 1.29 is 46.1 Å². The van der Waals surface area contributed by atoms with Crippen LogP contribution in [0.15, 0.2) is 0 Å².